The first-order valence-electron chi connectivity index (χ1n) is 8.15. The predicted molar refractivity (Wildman–Crippen MR) is 97.7 cm³/mol. The molecule has 3 rings (SSSR count). The van der Waals surface area contributed by atoms with E-state index in [0.717, 1.165) is 11.3 Å². The summed E-state index contributed by atoms with van der Waals surface area (Å²) in [5.41, 5.74) is 2.23. The van der Waals surface area contributed by atoms with Gasteiger partial charge in [0.25, 0.3) is 0 Å². The average molecular weight is 337 g/mol. The van der Waals surface area contributed by atoms with Crippen LogP contribution in [0.4, 0.5) is 16.2 Å². The number of anilines is 2. The van der Waals surface area contributed by atoms with Gasteiger partial charge in [-0.25, -0.2) is 9.37 Å². The van der Waals surface area contributed by atoms with Crippen LogP contribution in [0.3, 0.4) is 0 Å². The molecule has 0 fully saturated rings. The Labute approximate surface area is 146 Å². The van der Waals surface area contributed by atoms with Crippen LogP contribution < -0.4 is 10.6 Å². The Bertz CT molecular complexity index is 836. The van der Waals surface area contributed by atoms with Gasteiger partial charge in [-0.3, -0.25) is 4.98 Å². The molecule has 2 heterocycles. The van der Waals surface area contributed by atoms with Gasteiger partial charge in [0.1, 0.15) is 11.6 Å². The first-order chi connectivity index (χ1) is 12.1. The lowest BCUT2D eigenvalue weighted by molar-refractivity contribution is 0.613. The van der Waals surface area contributed by atoms with Gasteiger partial charge in [0.2, 0.25) is 5.95 Å². The van der Waals surface area contributed by atoms with Gasteiger partial charge in [-0.15, -0.1) is 0 Å². The van der Waals surface area contributed by atoms with Crippen LogP contribution in [0.2, 0.25) is 0 Å². The number of rotatable bonds is 6. The van der Waals surface area contributed by atoms with E-state index in [2.05, 4.69) is 25.6 Å². The number of aromatic nitrogens is 3. The fourth-order valence-corrected chi connectivity index (χ4v) is 2.35. The summed E-state index contributed by atoms with van der Waals surface area (Å²) in [5, 5.41) is 6.38. The summed E-state index contributed by atoms with van der Waals surface area (Å²) in [7, 11) is 0. The molecular formula is C19H20FN5. The zero-order valence-electron chi connectivity index (χ0n) is 14.2. The molecule has 0 aliphatic heterocycles. The highest BCUT2D eigenvalue weighted by Crippen LogP contribution is 2.21. The Morgan fingerprint density at radius 1 is 1.08 bits per heavy atom. The molecule has 0 saturated carbocycles. The number of nitrogens with zero attached hydrogens (tertiary/aromatic N) is 3. The molecule has 0 aliphatic carbocycles. The van der Waals surface area contributed by atoms with Crippen LogP contribution in [0.25, 0.3) is 11.3 Å². The second kappa shape index (κ2) is 7.70. The fraction of sp³-hybridized carbons (Fsp3) is 0.211. The Hall–Kier alpha value is -3.02. The molecule has 0 aliphatic rings. The summed E-state index contributed by atoms with van der Waals surface area (Å²) in [6, 6.07) is 12.5. The number of halogens is 1. The molecule has 5 nitrogen and oxygen atoms in total. The van der Waals surface area contributed by atoms with Crippen LogP contribution >= 0.6 is 0 Å². The second-order valence-electron chi connectivity index (χ2n) is 5.95. The molecule has 3 aromatic rings. The van der Waals surface area contributed by atoms with Gasteiger partial charge in [0.15, 0.2) is 0 Å². The van der Waals surface area contributed by atoms with Crippen LogP contribution in [-0.4, -0.2) is 21.0 Å². The third-order valence-corrected chi connectivity index (χ3v) is 3.52. The van der Waals surface area contributed by atoms with E-state index in [0.29, 0.717) is 23.9 Å². The molecule has 0 bridgehead atoms. The molecule has 25 heavy (non-hydrogen) atoms. The molecule has 0 atom stereocenters. The van der Waals surface area contributed by atoms with Gasteiger partial charge >= 0.3 is 0 Å². The molecule has 0 saturated heterocycles. The summed E-state index contributed by atoms with van der Waals surface area (Å²) < 4.78 is 13.8. The zero-order chi connectivity index (χ0) is 17.6. The van der Waals surface area contributed by atoms with E-state index in [1.165, 1.54) is 6.07 Å². The van der Waals surface area contributed by atoms with Crippen molar-refractivity contribution in [3.05, 3.63) is 66.2 Å². The van der Waals surface area contributed by atoms with E-state index < -0.39 is 0 Å². The number of nitrogens with one attached hydrogen (secondary N) is 2. The molecular weight excluding hydrogens is 317 g/mol. The predicted octanol–water partition coefficient (Wildman–Crippen LogP) is 4.11. The van der Waals surface area contributed by atoms with Crippen molar-refractivity contribution in [3.63, 3.8) is 0 Å². The van der Waals surface area contributed by atoms with Gasteiger partial charge in [-0.05, 0) is 32.0 Å². The molecule has 0 amide bonds. The lowest BCUT2D eigenvalue weighted by Crippen LogP contribution is -2.14. The quantitative estimate of drug-likeness (QED) is 0.709. The molecule has 128 valence electrons. The van der Waals surface area contributed by atoms with E-state index in [1.54, 1.807) is 24.5 Å². The van der Waals surface area contributed by atoms with Crippen molar-refractivity contribution >= 4 is 11.8 Å². The van der Waals surface area contributed by atoms with Gasteiger partial charge in [0, 0.05) is 42.2 Å². The zero-order valence-corrected chi connectivity index (χ0v) is 14.2. The third kappa shape index (κ3) is 4.50. The highest BCUT2D eigenvalue weighted by Gasteiger charge is 2.09. The fourth-order valence-electron chi connectivity index (χ4n) is 2.35. The maximum absolute atomic E-state index is 13.8. The summed E-state index contributed by atoms with van der Waals surface area (Å²) in [6.45, 7) is 4.39. The monoisotopic (exact) mass is 337 g/mol. The highest BCUT2D eigenvalue weighted by atomic mass is 19.1. The molecule has 2 aromatic heterocycles. The van der Waals surface area contributed by atoms with E-state index in [9.17, 15) is 4.39 Å². The Morgan fingerprint density at radius 2 is 1.92 bits per heavy atom. The first-order valence-corrected chi connectivity index (χ1v) is 8.15. The van der Waals surface area contributed by atoms with Crippen molar-refractivity contribution in [1.82, 2.24) is 15.0 Å². The minimum absolute atomic E-state index is 0.198. The van der Waals surface area contributed by atoms with Gasteiger partial charge in [-0.2, -0.15) is 4.98 Å². The molecule has 0 unspecified atom stereocenters. The molecule has 0 radical (unpaired) electrons. The summed E-state index contributed by atoms with van der Waals surface area (Å²) in [5.74, 6) is 0.907. The topological polar surface area (TPSA) is 62.7 Å². The first kappa shape index (κ1) is 16.8. The smallest absolute Gasteiger partial charge is 0.225 e. The van der Waals surface area contributed by atoms with E-state index in [4.69, 9.17) is 0 Å². The normalized spacial score (nSPS) is 10.7. The molecule has 6 heteroatoms. The third-order valence-electron chi connectivity index (χ3n) is 3.52. The molecule has 0 spiro atoms. The minimum Gasteiger partial charge on any atom is -0.366 e. The lowest BCUT2D eigenvalue weighted by atomic mass is 10.2. The average Bonchev–Trinajstić information content (AvgIpc) is 2.61. The van der Waals surface area contributed by atoms with Crippen LogP contribution in [0.1, 0.15) is 19.4 Å². The van der Waals surface area contributed by atoms with Crippen LogP contribution in [0, 0.1) is 5.82 Å². The Morgan fingerprint density at radius 3 is 2.64 bits per heavy atom. The Kier molecular flexibility index (Phi) is 5.18. The number of hydrogen-bond acceptors (Lipinski definition) is 5. The standard InChI is InChI=1S/C19H20FN5/c1-13(2)23-19-24-17(15-7-5-9-21-11-15)10-18(25-19)22-12-14-6-3-4-8-16(14)20/h3-11,13H,12H2,1-2H3,(H2,22,23,24,25). The molecule has 1 aromatic carbocycles. The van der Waals surface area contributed by atoms with Gasteiger partial charge in [-0.1, -0.05) is 18.2 Å². The molecule has 2 N–H and O–H groups in total. The summed E-state index contributed by atoms with van der Waals surface area (Å²) in [4.78, 5) is 13.1. The van der Waals surface area contributed by atoms with Gasteiger partial charge in [0.05, 0.1) is 5.69 Å². The lowest BCUT2D eigenvalue weighted by Gasteiger charge is -2.13. The summed E-state index contributed by atoms with van der Waals surface area (Å²) >= 11 is 0. The number of hydrogen-bond donors (Lipinski definition) is 2. The van der Waals surface area contributed by atoms with Crippen LogP contribution in [-0.2, 0) is 6.54 Å². The maximum atomic E-state index is 13.8. The van der Waals surface area contributed by atoms with E-state index in [1.807, 2.05) is 38.1 Å². The number of pyridine rings is 1. The van der Waals surface area contributed by atoms with E-state index in [-0.39, 0.29) is 11.9 Å². The van der Waals surface area contributed by atoms with E-state index >= 15 is 0 Å². The van der Waals surface area contributed by atoms with Crippen molar-refractivity contribution in [2.75, 3.05) is 10.6 Å². The number of benzene rings is 1. The minimum atomic E-state index is -0.239. The van der Waals surface area contributed by atoms with Crippen LogP contribution in [0.5, 0.6) is 0 Å². The largest absolute Gasteiger partial charge is 0.366 e. The Balaban J connectivity index is 1.88. The van der Waals surface area contributed by atoms with Crippen molar-refractivity contribution in [2.24, 2.45) is 0 Å². The van der Waals surface area contributed by atoms with Crippen LogP contribution in [0.15, 0.2) is 54.9 Å². The van der Waals surface area contributed by atoms with Crippen molar-refractivity contribution in [2.45, 2.75) is 26.4 Å². The highest BCUT2D eigenvalue weighted by molar-refractivity contribution is 5.63. The van der Waals surface area contributed by atoms with Gasteiger partial charge < -0.3 is 10.6 Å². The second-order valence-corrected chi connectivity index (χ2v) is 5.95. The van der Waals surface area contributed by atoms with Crippen molar-refractivity contribution < 1.29 is 4.39 Å². The SMILES string of the molecule is CC(C)Nc1nc(NCc2ccccc2F)cc(-c2cccnc2)n1. The maximum Gasteiger partial charge on any atom is 0.225 e. The van der Waals surface area contributed by atoms with Crippen molar-refractivity contribution in [1.29, 1.82) is 0 Å². The summed E-state index contributed by atoms with van der Waals surface area (Å²) in [6.07, 6.45) is 3.47. The van der Waals surface area contributed by atoms with Crippen molar-refractivity contribution in [3.8, 4) is 11.3 Å².